The molecule has 0 fully saturated rings. The molecular weight excluding hydrogens is 271 g/mol. The Morgan fingerprint density at radius 2 is 1.47 bits per heavy atom. The molecule has 0 spiro atoms. The van der Waals surface area contributed by atoms with Gasteiger partial charge in [0.1, 0.15) is 0 Å². The zero-order chi connectivity index (χ0) is 13.0. The van der Waals surface area contributed by atoms with Crippen molar-refractivity contribution in [3.8, 4) is 0 Å². The van der Waals surface area contributed by atoms with Crippen molar-refractivity contribution >= 4 is 28.9 Å². The van der Waals surface area contributed by atoms with E-state index in [0.29, 0.717) is 0 Å². The van der Waals surface area contributed by atoms with Gasteiger partial charge in [-0.1, -0.05) is 51.4 Å². The highest BCUT2D eigenvalue weighted by molar-refractivity contribution is 8.67. The molecular formula is C12H27O2PS2. The first-order valence-corrected chi connectivity index (χ1v) is 10.9. The van der Waals surface area contributed by atoms with Crippen LogP contribution in [0.1, 0.15) is 59.3 Å². The van der Waals surface area contributed by atoms with Crippen molar-refractivity contribution in [2.45, 2.75) is 59.3 Å². The van der Waals surface area contributed by atoms with Gasteiger partial charge in [0.05, 0.1) is 13.2 Å². The van der Waals surface area contributed by atoms with Crippen molar-refractivity contribution in [3.63, 3.8) is 0 Å². The molecule has 0 radical (unpaired) electrons. The molecule has 0 aromatic rings. The van der Waals surface area contributed by atoms with Crippen LogP contribution in [-0.2, 0) is 20.9 Å². The second kappa shape index (κ2) is 12.0. The summed E-state index contributed by atoms with van der Waals surface area (Å²) in [6.07, 6.45) is 7.11. The molecule has 0 saturated carbocycles. The molecule has 0 aromatic carbocycles. The van der Waals surface area contributed by atoms with Crippen molar-refractivity contribution < 1.29 is 9.05 Å². The average Bonchev–Trinajstić information content (AvgIpc) is 2.34. The maximum absolute atomic E-state index is 5.75. The van der Waals surface area contributed by atoms with Crippen LogP contribution in [0.4, 0.5) is 0 Å². The van der Waals surface area contributed by atoms with E-state index in [1.807, 2.05) is 0 Å². The number of hydrogen-bond donors (Lipinski definition) is 0. The topological polar surface area (TPSA) is 18.5 Å². The summed E-state index contributed by atoms with van der Waals surface area (Å²) in [5.41, 5.74) is -2.05. The monoisotopic (exact) mass is 298 g/mol. The Bertz CT molecular complexity index is 201. The van der Waals surface area contributed by atoms with Gasteiger partial charge in [0, 0.05) is 5.75 Å². The highest BCUT2D eigenvalue weighted by Crippen LogP contribution is 2.61. The smallest absolute Gasteiger partial charge is 0.247 e. The van der Waals surface area contributed by atoms with Crippen molar-refractivity contribution in [3.05, 3.63) is 0 Å². The molecule has 0 amide bonds. The summed E-state index contributed by atoms with van der Waals surface area (Å²) in [5.74, 6) is 1.07. The van der Waals surface area contributed by atoms with Gasteiger partial charge in [0.15, 0.2) is 0 Å². The highest BCUT2D eigenvalue weighted by Gasteiger charge is 2.18. The Morgan fingerprint density at radius 1 is 0.882 bits per heavy atom. The SMILES string of the molecule is CCCCCCSP(=S)(OCCC)OCCC. The summed E-state index contributed by atoms with van der Waals surface area (Å²) in [6, 6.07) is 0. The predicted octanol–water partition coefficient (Wildman–Crippen LogP) is 5.38. The first kappa shape index (κ1) is 17.9. The third-order valence-corrected chi connectivity index (χ3v) is 7.65. The van der Waals surface area contributed by atoms with Crippen LogP contribution >= 0.6 is 17.1 Å². The van der Waals surface area contributed by atoms with Gasteiger partial charge in [-0.25, -0.2) is 0 Å². The predicted molar refractivity (Wildman–Crippen MR) is 83.4 cm³/mol. The summed E-state index contributed by atoms with van der Waals surface area (Å²) in [6.45, 7) is 7.88. The molecule has 0 atom stereocenters. The average molecular weight is 298 g/mol. The Morgan fingerprint density at radius 3 is 1.94 bits per heavy atom. The molecule has 0 aromatic heterocycles. The second-order valence-corrected chi connectivity index (χ2v) is 10.4. The fourth-order valence-corrected chi connectivity index (χ4v) is 5.89. The third kappa shape index (κ3) is 10.5. The van der Waals surface area contributed by atoms with Crippen molar-refractivity contribution in [1.29, 1.82) is 0 Å². The van der Waals surface area contributed by atoms with Gasteiger partial charge in [0.25, 0.3) is 0 Å². The fraction of sp³-hybridized carbons (Fsp3) is 1.00. The quantitative estimate of drug-likeness (QED) is 0.355. The zero-order valence-corrected chi connectivity index (χ0v) is 14.0. The minimum Gasteiger partial charge on any atom is -0.322 e. The Labute approximate surface area is 116 Å². The van der Waals surface area contributed by atoms with Crippen LogP contribution < -0.4 is 0 Å². The van der Waals surface area contributed by atoms with Gasteiger partial charge in [-0.15, -0.1) is 0 Å². The van der Waals surface area contributed by atoms with Crippen LogP contribution in [0.25, 0.3) is 0 Å². The molecule has 0 aliphatic rings. The molecule has 0 unspecified atom stereocenters. The molecule has 17 heavy (non-hydrogen) atoms. The Hall–Kier alpha value is 0.920. The summed E-state index contributed by atoms with van der Waals surface area (Å²) in [4.78, 5) is 0. The van der Waals surface area contributed by atoms with E-state index < -0.39 is 5.69 Å². The van der Waals surface area contributed by atoms with E-state index in [4.69, 9.17) is 20.9 Å². The maximum atomic E-state index is 5.75. The van der Waals surface area contributed by atoms with E-state index in [-0.39, 0.29) is 0 Å². The van der Waals surface area contributed by atoms with Crippen LogP contribution in [0.15, 0.2) is 0 Å². The van der Waals surface area contributed by atoms with Gasteiger partial charge in [-0.3, -0.25) is 0 Å². The van der Waals surface area contributed by atoms with Gasteiger partial charge >= 0.3 is 0 Å². The van der Waals surface area contributed by atoms with Crippen LogP contribution in [0, 0.1) is 0 Å². The number of rotatable bonds is 12. The normalized spacial score (nSPS) is 11.9. The lowest BCUT2D eigenvalue weighted by atomic mass is 10.2. The lowest BCUT2D eigenvalue weighted by Crippen LogP contribution is -1.96. The van der Waals surface area contributed by atoms with E-state index >= 15 is 0 Å². The number of hydrogen-bond acceptors (Lipinski definition) is 4. The van der Waals surface area contributed by atoms with Crippen molar-refractivity contribution in [2.24, 2.45) is 0 Å². The van der Waals surface area contributed by atoms with Gasteiger partial charge < -0.3 is 9.05 Å². The van der Waals surface area contributed by atoms with E-state index in [2.05, 4.69) is 20.8 Å². The summed E-state index contributed by atoms with van der Waals surface area (Å²) in [5, 5.41) is 0. The van der Waals surface area contributed by atoms with Gasteiger partial charge in [-0.2, -0.15) is 0 Å². The molecule has 0 aliphatic carbocycles. The standard InChI is InChI=1S/C12H27O2PS2/c1-4-7-8-9-12-17-15(16,13-10-5-2)14-11-6-3/h4-12H2,1-3H3. The summed E-state index contributed by atoms with van der Waals surface area (Å²) in [7, 11) is 0. The number of unbranched alkanes of at least 4 members (excludes halogenated alkanes) is 3. The molecule has 0 saturated heterocycles. The Kier molecular flexibility index (Phi) is 12.6. The van der Waals surface area contributed by atoms with E-state index in [1.165, 1.54) is 25.7 Å². The van der Waals surface area contributed by atoms with Crippen LogP contribution in [0.2, 0.25) is 0 Å². The Balaban J connectivity index is 3.87. The first-order valence-electron chi connectivity index (χ1n) is 6.72. The third-order valence-electron chi connectivity index (χ3n) is 2.15. The minimum absolute atomic E-state index is 0.725. The van der Waals surface area contributed by atoms with Crippen molar-refractivity contribution in [1.82, 2.24) is 0 Å². The summed E-state index contributed by atoms with van der Waals surface area (Å²) >= 11 is 7.28. The molecule has 104 valence electrons. The molecule has 5 heteroatoms. The van der Waals surface area contributed by atoms with E-state index in [1.54, 1.807) is 11.4 Å². The highest BCUT2D eigenvalue weighted by atomic mass is 32.9. The van der Waals surface area contributed by atoms with Crippen LogP contribution in [0.3, 0.4) is 0 Å². The van der Waals surface area contributed by atoms with E-state index in [0.717, 1.165) is 31.8 Å². The molecule has 0 heterocycles. The second-order valence-electron chi connectivity index (χ2n) is 4.01. The van der Waals surface area contributed by atoms with Crippen molar-refractivity contribution in [2.75, 3.05) is 19.0 Å². The van der Waals surface area contributed by atoms with Crippen LogP contribution in [-0.4, -0.2) is 19.0 Å². The molecule has 2 nitrogen and oxygen atoms in total. The van der Waals surface area contributed by atoms with Crippen LogP contribution in [0.5, 0.6) is 0 Å². The molecule has 0 aliphatic heterocycles. The lowest BCUT2D eigenvalue weighted by Gasteiger charge is -2.21. The largest absolute Gasteiger partial charge is 0.322 e. The maximum Gasteiger partial charge on any atom is 0.247 e. The molecule has 0 bridgehead atoms. The molecule has 0 N–H and O–H groups in total. The lowest BCUT2D eigenvalue weighted by molar-refractivity contribution is 0.260. The van der Waals surface area contributed by atoms with Gasteiger partial charge in [0.2, 0.25) is 5.69 Å². The minimum atomic E-state index is -2.05. The fourth-order valence-electron chi connectivity index (χ4n) is 1.22. The summed E-state index contributed by atoms with van der Waals surface area (Å²) < 4.78 is 11.5. The van der Waals surface area contributed by atoms with E-state index in [9.17, 15) is 0 Å². The van der Waals surface area contributed by atoms with Gasteiger partial charge in [-0.05, 0) is 31.1 Å². The zero-order valence-electron chi connectivity index (χ0n) is 11.4. The first-order chi connectivity index (χ1) is 8.18. The molecule has 0 rings (SSSR count).